The number of likely N-dealkylation sites (tertiary alicyclic amines) is 1. The number of piperidine rings is 1. The van der Waals surface area contributed by atoms with Crippen molar-refractivity contribution in [2.75, 3.05) is 40.3 Å². The highest BCUT2D eigenvalue weighted by molar-refractivity contribution is 6.15. The summed E-state index contributed by atoms with van der Waals surface area (Å²) in [5.41, 5.74) is 3.63. The van der Waals surface area contributed by atoms with Crippen molar-refractivity contribution in [2.45, 2.75) is 0 Å². The second-order valence-corrected chi connectivity index (χ2v) is 8.83. The summed E-state index contributed by atoms with van der Waals surface area (Å²) in [7, 11) is 3.99. The molecular formula is C30H31ClN2O3. The lowest BCUT2D eigenvalue weighted by atomic mass is 9.93. The summed E-state index contributed by atoms with van der Waals surface area (Å²) in [6.07, 6.45) is 3.75. The minimum Gasteiger partial charge on any atom is -0.492 e. The average Bonchev–Trinajstić information content (AvgIpc) is 2.87. The van der Waals surface area contributed by atoms with E-state index in [-0.39, 0.29) is 37.2 Å². The fourth-order valence-corrected chi connectivity index (χ4v) is 3.91. The summed E-state index contributed by atoms with van der Waals surface area (Å²) in [4.78, 5) is 30.5. The van der Waals surface area contributed by atoms with Gasteiger partial charge in [0, 0.05) is 23.3 Å². The highest BCUT2D eigenvalue weighted by Gasteiger charge is 2.29. The Morgan fingerprint density at radius 2 is 1.33 bits per heavy atom. The topological polar surface area (TPSA) is 49.9 Å². The number of hydrogen-bond acceptors (Lipinski definition) is 4. The van der Waals surface area contributed by atoms with Crippen molar-refractivity contribution in [3.05, 3.63) is 113 Å². The van der Waals surface area contributed by atoms with E-state index in [4.69, 9.17) is 4.74 Å². The largest absolute Gasteiger partial charge is 0.492 e. The minimum absolute atomic E-state index is 0. The van der Waals surface area contributed by atoms with E-state index in [1.807, 2.05) is 99.0 Å². The number of ether oxygens (including phenoxy) is 1. The molecule has 0 spiro atoms. The van der Waals surface area contributed by atoms with Crippen molar-refractivity contribution < 1.29 is 14.3 Å². The van der Waals surface area contributed by atoms with Gasteiger partial charge in [-0.05, 0) is 61.6 Å². The molecule has 0 saturated carbocycles. The number of carbonyl (C=O) groups excluding carboxylic acids is 2. The third kappa shape index (κ3) is 7.17. The Labute approximate surface area is 219 Å². The Balaban J connectivity index is 0.00000361. The quantitative estimate of drug-likeness (QED) is 0.414. The Morgan fingerprint density at radius 1 is 0.833 bits per heavy atom. The molecule has 0 radical (unpaired) electrons. The second-order valence-electron chi connectivity index (χ2n) is 8.83. The molecule has 6 heteroatoms. The van der Waals surface area contributed by atoms with Crippen LogP contribution in [-0.2, 0) is 4.79 Å². The molecule has 1 fully saturated rings. The van der Waals surface area contributed by atoms with Gasteiger partial charge < -0.3 is 14.5 Å². The third-order valence-corrected chi connectivity index (χ3v) is 5.78. The van der Waals surface area contributed by atoms with Gasteiger partial charge in [-0.25, -0.2) is 0 Å². The molecule has 3 aromatic carbocycles. The van der Waals surface area contributed by atoms with Gasteiger partial charge >= 0.3 is 0 Å². The van der Waals surface area contributed by atoms with Crippen molar-refractivity contribution in [3.8, 4) is 5.75 Å². The van der Waals surface area contributed by atoms with Crippen LogP contribution in [0, 0.1) is 0 Å². The Hall–Kier alpha value is -3.67. The summed E-state index contributed by atoms with van der Waals surface area (Å²) in [5, 5.41) is 0. The second kappa shape index (κ2) is 12.9. The van der Waals surface area contributed by atoms with Crippen LogP contribution in [0.3, 0.4) is 0 Å². The highest BCUT2D eigenvalue weighted by atomic mass is 35.5. The van der Waals surface area contributed by atoms with Crippen molar-refractivity contribution in [1.82, 2.24) is 9.80 Å². The number of nitrogens with zero attached hydrogens (tertiary/aromatic N) is 2. The summed E-state index contributed by atoms with van der Waals surface area (Å²) in [5.74, 6) is 0.591. The molecule has 0 N–H and O–H groups in total. The monoisotopic (exact) mass is 502 g/mol. The standard InChI is InChI=1S/C30H30N2O3.ClH/c1-31(2)17-18-35-28-15-13-25(14-16-28)30(34)32-21-26(19-23-9-5-3-6-10-23)29(33)27(22-32)20-24-11-7-4-8-12-24;/h3-16,19-20H,17-18,21-22H2,1-2H3;1H/b26-19-,27-20+;. The summed E-state index contributed by atoms with van der Waals surface area (Å²) < 4.78 is 5.75. The van der Waals surface area contributed by atoms with Crippen LogP contribution in [0.1, 0.15) is 21.5 Å². The first-order chi connectivity index (χ1) is 17.0. The number of carbonyl (C=O) groups is 2. The van der Waals surface area contributed by atoms with E-state index in [2.05, 4.69) is 4.90 Å². The number of Topliss-reactive ketones (excluding diaryl/α,β-unsaturated/α-hetero) is 1. The van der Waals surface area contributed by atoms with E-state index in [1.54, 1.807) is 17.0 Å². The molecule has 0 atom stereocenters. The van der Waals surface area contributed by atoms with Gasteiger partial charge in [0.15, 0.2) is 5.78 Å². The molecule has 0 bridgehead atoms. The lowest BCUT2D eigenvalue weighted by Gasteiger charge is -2.30. The number of likely N-dealkylation sites (N-methyl/N-ethyl adjacent to an activating group) is 1. The van der Waals surface area contributed by atoms with Crippen molar-refractivity contribution >= 4 is 36.2 Å². The fourth-order valence-electron chi connectivity index (χ4n) is 3.91. The van der Waals surface area contributed by atoms with Crippen LogP contribution in [0.4, 0.5) is 0 Å². The molecule has 4 rings (SSSR count). The molecule has 0 aromatic heterocycles. The Bertz CT molecular complexity index is 1160. The molecule has 1 aliphatic heterocycles. The number of halogens is 1. The van der Waals surface area contributed by atoms with Gasteiger partial charge in [0.05, 0.1) is 13.1 Å². The Morgan fingerprint density at radius 3 is 1.81 bits per heavy atom. The van der Waals surface area contributed by atoms with Crippen LogP contribution >= 0.6 is 12.4 Å². The molecule has 0 aliphatic carbocycles. The van der Waals surface area contributed by atoms with E-state index >= 15 is 0 Å². The zero-order valence-electron chi connectivity index (χ0n) is 20.6. The van der Waals surface area contributed by atoms with Gasteiger partial charge in [0.25, 0.3) is 5.91 Å². The maximum atomic E-state index is 13.4. The highest BCUT2D eigenvalue weighted by Crippen LogP contribution is 2.24. The molecule has 5 nitrogen and oxygen atoms in total. The lowest BCUT2D eigenvalue weighted by molar-refractivity contribution is -0.113. The first-order valence-corrected chi connectivity index (χ1v) is 11.7. The number of benzene rings is 3. The lowest BCUT2D eigenvalue weighted by Crippen LogP contribution is -2.41. The number of ketones is 1. The number of amides is 1. The van der Waals surface area contributed by atoms with Crippen molar-refractivity contribution in [1.29, 1.82) is 0 Å². The van der Waals surface area contributed by atoms with Crippen LogP contribution in [0.15, 0.2) is 96.1 Å². The normalized spacial score (nSPS) is 15.8. The molecule has 186 valence electrons. The van der Waals surface area contributed by atoms with Gasteiger partial charge in [-0.2, -0.15) is 0 Å². The van der Waals surface area contributed by atoms with E-state index in [9.17, 15) is 9.59 Å². The van der Waals surface area contributed by atoms with Crippen LogP contribution in [0.2, 0.25) is 0 Å². The van der Waals surface area contributed by atoms with Gasteiger partial charge in [-0.15, -0.1) is 12.4 Å². The van der Waals surface area contributed by atoms with Gasteiger partial charge in [-0.1, -0.05) is 60.7 Å². The first-order valence-electron chi connectivity index (χ1n) is 11.7. The SMILES string of the molecule is CN(C)CCOc1ccc(C(=O)N2C/C(=C/c3ccccc3)C(=O)/C(=C/c3ccccc3)C2)cc1.Cl. The summed E-state index contributed by atoms with van der Waals surface area (Å²) in [6, 6.07) is 26.6. The molecule has 1 amide bonds. The molecule has 3 aromatic rings. The van der Waals surface area contributed by atoms with Crippen LogP contribution in [-0.4, -0.2) is 61.8 Å². The predicted molar refractivity (Wildman–Crippen MR) is 147 cm³/mol. The third-order valence-electron chi connectivity index (χ3n) is 5.78. The van der Waals surface area contributed by atoms with Crippen molar-refractivity contribution in [2.24, 2.45) is 0 Å². The molecule has 1 heterocycles. The minimum atomic E-state index is -0.115. The zero-order chi connectivity index (χ0) is 24.6. The molecule has 36 heavy (non-hydrogen) atoms. The maximum absolute atomic E-state index is 13.4. The first kappa shape index (κ1) is 26.9. The Kier molecular flexibility index (Phi) is 9.62. The molecule has 0 unspecified atom stereocenters. The zero-order valence-corrected chi connectivity index (χ0v) is 21.4. The molecule has 1 saturated heterocycles. The summed E-state index contributed by atoms with van der Waals surface area (Å²) >= 11 is 0. The van der Waals surface area contributed by atoms with E-state index in [0.29, 0.717) is 23.3 Å². The van der Waals surface area contributed by atoms with Crippen molar-refractivity contribution in [3.63, 3.8) is 0 Å². The van der Waals surface area contributed by atoms with Gasteiger partial charge in [0.1, 0.15) is 12.4 Å². The molecule has 1 aliphatic rings. The average molecular weight is 503 g/mol. The van der Waals surface area contributed by atoms with Crippen LogP contribution < -0.4 is 4.74 Å². The smallest absolute Gasteiger partial charge is 0.254 e. The van der Waals surface area contributed by atoms with E-state index in [1.165, 1.54) is 0 Å². The van der Waals surface area contributed by atoms with Gasteiger partial charge in [0.2, 0.25) is 0 Å². The van der Waals surface area contributed by atoms with E-state index in [0.717, 1.165) is 23.4 Å². The van der Waals surface area contributed by atoms with E-state index < -0.39 is 0 Å². The fraction of sp³-hybridized carbons (Fsp3) is 0.200. The number of rotatable bonds is 7. The predicted octanol–water partition coefficient (Wildman–Crippen LogP) is 5.24. The number of hydrogen-bond donors (Lipinski definition) is 0. The maximum Gasteiger partial charge on any atom is 0.254 e. The summed E-state index contributed by atoms with van der Waals surface area (Å²) in [6.45, 7) is 1.92. The van der Waals surface area contributed by atoms with Gasteiger partial charge in [-0.3, -0.25) is 9.59 Å². The molecular weight excluding hydrogens is 472 g/mol. The van der Waals surface area contributed by atoms with Crippen LogP contribution in [0.25, 0.3) is 12.2 Å². The van der Waals surface area contributed by atoms with Crippen LogP contribution in [0.5, 0.6) is 5.75 Å².